The van der Waals surface area contributed by atoms with Crippen LogP contribution >= 0.6 is 0 Å². The van der Waals surface area contributed by atoms with Gasteiger partial charge >= 0.3 is 12.1 Å². The highest BCUT2D eigenvalue weighted by Crippen LogP contribution is 2.38. The number of halogens is 3. The second-order valence-corrected chi connectivity index (χ2v) is 3.97. The van der Waals surface area contributed by atoms with Crippen molar-refractivity contribution in [1.82, 2.24) is 4.98 Å². The second-order valence-electron chi connectivity index (χ2n) is 3.97. The summed E-state index contributed by atoms with van der Waals surface area (Å²) in [6, 6.07) is 5.87. The number of nitrogens with zero attached hydrogens (tertiary/aromatic N) is 1. The summed E-state index contributed by atoms with van der Waals surface area (Å²) in [5, 5.41) is 8.94. The minimum Gasteiger partial charge on any atom is -0.478 e. The lowest BCUT2D eigenvalue weighted by Crippen LogP contribution is -2.10. The zero-order chi connectivity index (χ0) is 14.9. The molecule has 2 rings (SSSR count). The van der Waals surface area contributed by atoms with Gasteiger partial charge in [0.1, 0.15) is 0 Å². The van der Waals surface area contributed by atoms with Gasteiger partial charge in [0.2, 0.25) is 0 Å². The van der Waals surface area contributed by atoms with E-state index in [1.807, 2.05) is 0 Å². The smallest absolute Gasteiger partial charge is 0.417 e. The molecule has 20 heavy (non-hydrogen) atoms. The topological polar surface area (TPSA) is 76.2 Å². The van der Waals surface area contributed by atoms with E-state index in [9.17, 15) is 18.0 Å². The number of anilines is 1. The third-order valence-electron chi connectivity index (χ3n) is 2.71. The fourth-order valence-corrected chi connectivity index (χ4v) is 1.81. The Hall–Kier alpha value is -2.57. The second kappa shape index (κ2) is 4.84. The number of carboxylic acids is 1. The van der Waals surface area contributed by atoms with Gasteiger partial charge in [-0.2, -0.15) is 13.2 Å². The van der Waals surface area contributed by atoms with Crippen LogP contribution in [0.3, 0.4) is 0 Å². The highest BCUT2D eigenvalue weighted by molar-refractivity contribution is 5.97. The number of hydrogen-bond donors (Lipinski definition) is 2. The standard InChI is InChI=1S/C13H9F3N2O2/c14-13(15,16)9-4-2-1-3-7(9)11-10(17)8(12(19)20)5-6-18-11/h1-6H,17H2,(H,19,20). The first-order chi connectivity index (χ1) is 9.32. The molecule has 1 aromatic heterocycles. The summed E-state index contributed by atoms with van der Waals surface area (Å²) in [6.07, 6.45) is -3.47. The van der Waals surface area contributed by atoms with Crippen molar-refractivity contribution in [3.05, 3.63) is 47.7 Å². The summed E-state index contributed by atoms with van der Waals surface area (Å²) in [4.78, 5) is 14.7. The first kappa shape index (κ1) is 13.9. The molecule has 1 aromatic carbocycles. The lowest BCUT2D eigenvalue weighted by atomic mass is 10.0. The first-order valence-electron chi connectivity index (χ1n) is 5.46. The molecular formula is C13H9F3N2O2. The number of benzene rings is 1. The van der Waals surface area contributed by atoms with Gasteiger partial charge < -0.3 is 10.8 Å². The Bertz CT molecular complexity index is 669. The number of hydrogen-bond acceptors (Lipinski definition) is 3. The largest absolute Gasteiger partial charge is 0.478 e. The lowest BCUT2D eigenvalue weighted by molar-refractivity contribution is -0.137. The Labute approximate surface area is 111 Å². The van der Waals surface area contributed by atoms with Crippen LogP contribution in [0.4, 0.5) is 18.9 Å². The number of pyridine rings is 1. The number of aromatic carboxylic acids is 1. The summed E-state index contributed by atoms with van der Waals surface area (Å²) >= 11 is 0. The molecule has 1 heterocycles. The van der Waals surface area contributed by atoms with Crippen LogP contribution in [-0.2, 0) is 6.18 Å². The van der Waals surface area contributed by atoms with Crippen LogP contribution in [0, 0.1) is 0 Å². The monoisotopic (exact) mass is 282 g/mol. The molecule has 0 aliphatic rings. The number of nitrogens with two attached hydrogens (primary N) is 1. The number of aromatic nitrogens is 1. The van der Waals surface area contributed by atoms with Gasteiger partial charge in [0.05, 0.1) is 22.5 Å². The molecule has 104 valence electrons. The highest BCUT2D eigenvalue weighted by Gasteiger charge is 2.34. The van der Waals surface area contributed by atoms with Gasteiger partial charge in [0.15, 0.2) is 0 Å². The normalized spacial score (nSPS) is 11.3. The predicted octanol–water partition coefficient (Wildman–Crippen LogP) is 3.05. The Kier molecular flexibility index (Phi) is 3.35. The molecular weight excluding hydrogens is 273 g/mol. The van der Waals surface area contributed by atoms with Crippen LogP contribution in [-0.4, -0.2) is 16.1 Å². The molecule has 3 N–H and O–H groups in total. The fourth-order valence-electron chi connectivity index (χ4n) is 1.81. The molecule has 0 fully saturated rings. The van der Waals surface area contributed by atoms with Crippen molar-refractivity contribution in [1.29, 1.82) is 0 Å². The van der Waals surface area contributed by atoms with E-state index in [1.165, 1.54) is 18.2 Å². The number of nitrogen functional groups attached to an aromatic ring is 1. The van der Waals surface area contributed by atoms with E-state index in [4.69, 9.17) is 10.8 Å². The molecule has 0 bridgehead atoms. The minimum atomic E-state index is -4.58. The van der Waals surface area contributed by atoms with Crippen molar-refractivity contribution in [2.45, 2.75) is 6.18 Å². The van der Waals surface area contributed by atoms with Crippen LogP contribution in [0.5, 0.6) is 0 Å². The molecule has 0 unspecified atom stereocenters. The van der Waals surface area contributed by atoms with E-state index in [1.54, 1.807) is 0 Å². The van der Waals surface area contributed by atoms with E-state index in [0.29, 0.717) is 0 Å². The van der Waals surface area contributed by atoms with Crippen LogP contribution < -0.4 is 5.73 Å². The van der Waals surface area contributed by atoms with Crippen LogP contribution in [0.15, 0.2) is 36.5 Å². The molecule has 0 spiro atoms. The summed E-state index contributed by atoms with van der Waals surface area (Å²) < 4.78 is 38.8. The predicted molar refractivity (Wildman–Crippen MR) is 66.0 cm³/mol. The van der Waals surface area contributed by atoms with Gasteiger partial charge in [-0.25, -0.2) is 4.79 Å². The van der Waals surface area contributed by atoms with Crippen molar-refractivity contribution in [2.24, 2.45) is 0 Å². The Balaban J connectivity index is 2.70. The fraction of sp³-hybridized carbons (Fsp3) is 0.0769. The molecule has 4 nitrogen and oxygen atoms in total. The maximum atomic E-state index is 12.9. The maximum Gasteiger partial charge on any atom is 0.417 e. The summed E-state index contributed by atoms with van der Waals surface area (Å²) in [7, 11) is 0. The lowest BCUT2D eigenvalue weighted by Gasteiger charge is -2.14. The Morgan fingerprint density at radius 1 is 1.20 bits per heavy atom. The quantitative estimate of drug-likeness (QED) is 0.887. The van der Waals surface area contributed by atoms with Crippen molar-refractivity contribution >= 4 is 11.7 Å². The van der Waals surface area contributed by atoms with E-state index in [0.717, 1.165) is 18.3 Å². The molecule has 0 saturated heterocycles. The highest BCUT2D eigenvalue weighted by atomic mass is 19.4. The zero-order valence-corrected chi connectivity index (χ0v) is 9.98. The van der Waals surface area contributed by atoms with Gasteiger partial charge in [-0.3, -0.25) is 4.98 Å². The first-order valence-corrected chi connectivity index (χ1v) is 5.46. The molecule has 0 saturated carbocycles. The molecule has 0 atom stereocenters. The van der Waals surface area contributed by atoms with Gasteiger partial charge in [0.25, 0.3) is 0 Å². The molecule has 7 heteroatoms. The van der Waals surface area contributed by atoms with Crippen LogP contribution in [0.2, 0.25) is 0 Å². The number of carbonyl (C=O) groups is 1. The molecule has 0 amide bonds. The van der Waals surface area contributed by atoms with E-state index in [-0.39, 0.29) is 22.5 Å². The van der Waals surface area contributed by atoms with Gasteiger partial charge in [-0.15, -0.1) is 0 Å². The number of alkyl halides is 3. The summed E-state index contributed by atoms with van der Waals surface area (Å²) in [5.74, 6) is -1.32. The van der Waals surface area contributed by atoms with Gasteiger partial charge in [-0.05, 0) is 12.1 Å². The SMILES string of the molecule is Nc1c(C(=O)O)ccnc1-c1ccccc1C(F)(F)F. The summed E-state index contributed by atoms with van der Waals surface area (Å²) in [6.45, 7) is 0. The molecule has 0 radical (unpaired) electrons. The number of carboxylic acid groups (broad SMARTS) is 1. The van der Waals surface area contributed by atoms with Gasteiger partial charge in [-0.1, -0.05) is 18.2 Å². The van der Waals surface area contributed by atoms with Crippen molar-refractivity contribution in [3.63, 3.8) is 0 Å². The Morgan fingerprint density at radius 2 is 1.85 bits per heavy atom. The number of rotatable bonds is 2. The minimum absolute atomic E-state index is 0.196. The average molecular weight is 282 g/mol. The average Bonchev–Trinajstić information content (AvgIpc) is 2.37. The molecule has 0 aliphatic carbocycles. The third-order valence-corrected chi connectivity index (χ3v) is 2.71. The van der Waals surface area contributed by atoms with Crippen molar-refractivity contribution in [2.75, 3.05) is 5.73 Å². The van der Waals surface area contributed by atoms with E-state index >= 15 is 0 Å². The third kappa shape index (κ3) is 2.42. The van der Waals surface area contributed by atoms with E-state index < -0.39 is 17.7 Å². The van der Waals surface area contributed by atoms with Crippen molar-refractivity contribution < 1.29 is 23.1 Å². The summed E-state index contributed by atoms with van der Waals surface area (Å²) in [5.41, 5.74) is 3.68. The maximum absolute atomic E-state index is 12.9. The molecule has 2 aromatic rings. The zero-order valence-electron chi connectivity index (χ0n) is 9.98. The van der Waals surface area contributed by atoms with Gasteiger partial charge in [0, 0.05) is 11.8 Å². The van der Waals surface area contributed by atoms with Crippen LogP contribution in [0.25, 0.3) is 11.3 Å². The van der Waals surface area contributed by atoms with E-state index in [2.05, 4.69) is 4.98 Å². The van der Waals surface area contributed by atoms with Crippen molar-refractivity contribution in [3.8, 4) is 11.3 Å². The van der Waals surface area contributed by atoms with Crippen LogP contribution in [0.1, 0.15) is 15.9 Å². The molecule has 0 aliphatic heterocycles. The Morgan fingerprint density at radius 3 is 2.45 bits per heavy atom.